The number of carbonyl (C=O) groups is 2. The lowest BCUT2D eigenvalue weighted by Gasteiger charge is -2.20. The molecule has 2 aliphatic heterocycles. The van der Waals surface area contributed by atoms with E-state index in [0.717, 1.165) is 62.8 Å². The molecule has 2 fully saturated rings. The predicted octanol–water partition coefficient (Wildman–Crippen LogP) is 2.67. The summed E-state index contributed by atoms with van der Waals surface area (Å²) in [6, 6.07) is 7.75. The van der Waals surface area contributed by atoms with Gasteiger partial charge in [-0.1, -0.05) is 31.2 Å². The van der Waals surface area contributed by atoms with Crippen molar-refractivity contribution in [2.45, 2.75) is 39.0 Å². The Balaban J connectivity index is 1.48. The van der Waals surface area contributed by atoms with Crippen molar-refractivity contribution in [1.29, 1.82) is 0 Å². The number of hydrogen-bond donors (Lipinski definition) is 1. The molecule has 2 atom stereocenters. The van der Waals surface area contributed by atoms with Crippen molar-refractivity contribution in [3.05, 3.63) is 35.4 Å². The highest BCUT2D eigenvalue weighted by atomic mass is 16.2. The molecule has 130 valence electrons. The molecule has 1 aromatic rings. The van der Waals surface area contributed by atoms with Gasteiger partial charge in [0.15, 0.2) is 5.78 Å². The van der Waals surface area contributed by atoms with Crippen LogP contribution >= 0.6 is 0 Å². The van der Waals surface area contributed by atoms with Crippen molar-refractivity contribution >= 4 is 11.7 Å². The number of aryl methyl sites for hydroxylation is 1. The molecule has 2 heterocycles. The number of benzene rings is 1. The number of carbonyl (C=O) groups excluding carboxylic acids is 2. The highest BCUT2D eigenvalue weighted by Gasteiger charge is 2.31. The Morgan fingerprint density at radius 1 is 1.04 bits per heavy atom. The molecule has 4 heteroatoms. The molecule has 0 bridgehead atoms. The first-order chi connectivity index (χ1) is 11.7. The number of hydrogen-bond acceptors (Lipinski definition) is 3. The molecule has 24 heavy (non-hydrogen) atoms. The van der Waals surface area contributed by atoms with Crippen LogP contribution in [0.2, 0.25) is 0 Å². The lowest BCUT2D eigenvalue weighted by atomic mass is 9.92. The van der Waals surface area contributed by atoms with Crippen LogP contribution in [0.15, 0.2) is 24.3 Å². The number of nitrogens with one attached hydrogen (secondary N) is 1. The van der Waals surface area contributed by atoms with Crippen LogP contribution in [0.3, 0.4) is 0 Å². The molecule has 2 saturated heterocycles. The fraction of sp³-hybridized carbons (Fsp3) is 0.600. The quantitative estimate of drug-likeness (QED) is 0.846. The molecule has 0 saturated carbocycles. The summed E-state index contributed by atoms with van der Waals surface area (Å²) >= 11 is 0. The average Bonchev–Trinajstić information content (AvgIpc) is 2.97. The lowest BCUT2D eigenvalue weighted by Crippen LogP contribution is -2.32. The standard InChI is InChI=1S/C20H28N2O2/c1-2-15-3-5-16(6-4-15)19(23)7-8-20(24)22-11-9-17-13-21-14-18(17)10-12-22/h3-6,17-18,21H,2,7-14H2,1H3/t17-,18+. The molecule has 0 unspecified atom stereocenters. The van der Waals surface area contributed by atoms with E-state index in [0.29, 0.717) is 12.8 Å². The third-order valence-corrected chi connectivity index (χ3v) is 5.62. The van der Waals surface area contributed by atoms with E-state index in [2.05, 4.69) is 12.2 Å². The van der Waals surface area contributed by atoms with Gasteiger partial charge in [-0.2, -0.15) is 0 Å². The molecule has 0 aromatic heterocycles. The van der Waals surface area contributed by atoms with E-state index >= 15 is 0 Å². The molecule has 0 aliphatic carbocycles. The van der Waals surface area contributed by atoms with Gasteiger partial charge >= 0.3 is 0 Å². The number of fused-ring (bicyclic) bond motifs is 1. The normalized spacial score (nSPS) is 23.6. The van der Waals surface area contributed by atoms with Gasteiger partial charge in [-0.15, -0.1) is 0 Å². The zero-order valence-electron chi connectivity index (χ0n) is 14.6. The number of amides is 1. The minimum absolute atomic E-state index is 0.0712. The van der Waals surface area contributed by atoms with Crippen LogP contribution in [-0.4, -0.2) is 42.8 Å². The van der Waals surface area contributed by atoms with Crippen LogP contribution in [0, 0.1) is 11.8 Å². The summed E-state index contributed by atoms with van der Waals surface area (Å²) in [7, 11) is 0. The summed E-state index contributed by atoms with van der Waals surface area (Å²) in [6.07, 6.45) is 3.81. The van der Waals surface area contributed by atoms with Crippen LogP contribution < -0.4 is 5.32 Å². The van der Waals surface area contributed by atoms with E-state index in [1.165, 1.54) is 5.56 Å². The molecule has 1 aromatic carbocycles. The minimum Gasteiger partial charge on any atom is -0.343 e. The first-order valence-corrected chi connectivity index (χ1v) is 9.28. The molecule has 1 amide bonds. The summed E-state index contributed by atoms with van der Waals surface area (Å²) in [5.41, 5.74) is 1.95. The molecule has 0 spiro atoms. The SMILES string of the molecule is CCc1ccc(C(=O)CCC(=O)N2CC[C@@H]3CNC[C@@H]3CC2)cc1. The van der Waals surface area contributed by atoms with Crippen LogP contribution in [-0.2, 0) is 11.2 Å². The van der Waals surface area contributed by atoms with Crippen molar-refractivity contribution in [3.63, 3.8) is 0 Å². The summed E-state index contributed by atoms with van der Waals surface area (Å²) in [6.45, 7) is 5.99. The summed E-state index contributed by atoms with van der Waals surface area (Å²) in [5, 5.41) is 3.45. The van der Waals surface area contributed by atoms with Crippen LogP contribution in [0.1, 0.15) is 48.5 Å². The predicted molar refractivity (Wildman–Crippen MR) is 95.0 cm³/mol. The molecule has 3 rings (SSSR count). The Morgan fingerprint density at radius 2 is 1.67 bits per heavy atom. The van der Waals surface area contributed by atoms with Crippen molar-refractivity contribution in [3.8, 4) is 0 Å². The van der Waals surface area contributed by atoms with Gasteiger partial charge in [0.1, 0.15) is 0 Å². The van der Waals surface area contributed by atoms with Gasteiger partial charge in [-0.3, -0.25) is 9.59 Å². The zero-order chi connectivity index (χ0) is 16.9. The minimum atomic E-state index is 0.0712. The smallest absolute Gasteiger partial charge is 0.223 e. The largest absolute Gasteiger partial charge is 0.343 e. The maximum Gasteiger partial charge on any atom is 0.223 e. The Morgan fingerprint density at radius 3 is 2.25 bits per heavy atom. The second-order valence-corrected chi connectivity index (χ2v) is 7.11. The van der Waals surface area contributed by atoms with Crippen molar-refractivity contribution in [2.75, 3.05) is 26.2 Å². The van der Waals surface area contributed by atoms with E-state index in [4.69, 9.17) is 0 Å². The number of likely N-dealkylation sites (tertiary alicyclic amines) is 1. The first kappa shape index (κ1) is 17.2. The van der Waals surface area contributed by atoms with Gasteiger partial charge in [0, 0.05) is 31.5 Å². The maximum absolute atomic E-state index is 12.5. The van der Waals surface area contributed by atoms with E-state index in [-0.39, 0.29) is 11.7 Å². The van der Waals surface area contributed by atoms with E-state index in [1.807, 2.05) is 29.2 Å². The molecule has 1 N–H and O–H groups in total. The van der Waals surface area contributed by atoms with Crippen LogP contribution in [0.5, 0.6) is 0 Å². The van der Waals surface area contributed by atoms with Gasteiger partial charge in [0.2, 0.25) is 5.91 Å². The average molecular weight is 328 g/mol. The summed E-state index contributed by atoms with van der Waals surface area (Å²) in [5.74, 6) is 1.66. The Bertz CT molecular complexity index is 568. The molecule has 2 aliphatic rings. The van der Waals surface area contributed by atoms with E-state index in [9.17, 15) is 9.59 Å². The Hall–Kier alpha value is -1.68. The van der Waals surface area contributed by atoms with Gasteiger partial charge in [-0.05, 0) is 49.8 Å². The molecule has 4 nitrogen and oxygen atoms in total. The second-order valence-electron chi connectivity index (χ2n) is 7.11. The van der Waals surface area contributed by atoms with Crippen LogP contribution in [0.25, 0.3) is 0 Å². The molecule has 0 radical (unpaired) electrons. The van der Waals surface area contributed by atoms with E-state index in [1.54, 1.807) is 0 Å². The van der Waals surface area contributed by atoms with Gasteiger partial charge < -0.3 is 10.2 Å². The van der Waals surface area contributed by atoms with Gasteiger partial charge in [0.05, 0.1) is 0 Å². The molecular formula is C20H28N2O2. The fourth-order valence-electron chi connectivity index (χ4n) is 3.92. The monoisotopic (exact) mass is 328 g/mol. The highest BCUT2D eigenvalue weighted by molar-refractivity contribution is 5.97. The third kappa shape index (κ3) is 4.04. The van der Waals surface area contributed by atoms with Gasteiger partial charge in [0.25, 0.3) is 0 Å². The number of Topliss-reactive ketones (excluding diaryl/α,β-unsaturated/α-hetero) is 1. The maximum atomic E-state index is 12.5. The Kier molecular flexibility index (Phi) is 5.67. The van der Waals surface area contributed by atoms with Crippen LogP contribution in [0.4, 0.5) is 0 Å². The molecular weight excluding hydrogens is 300 g/mol. The highest BCUT2D eigenvalue weighted by Crippen LogP contribution is 2.27. The lowest BCUT2D eigenvalue weighted by molar-refractivity contribution is -0.131. The first-order valence-electron chi connectivity index (χ1n) is 9.28. The number of nitrogens with zero attached hydrogens (tertiary/aromatic N) is 1. The van der Waals surface area contributed by atoms with Crippen molar-refractivity contribution < 1.29 is 9.59 Å². The van der Waals surface area contributed by atoms with Crippen molar-refractivity contribution in [1.82, 2.24) is 10.2 Å². The number of rotatable bonds is 5. The van der Waals surface area contributed by atoms with Crippen molar-refractivity contribution in [2.24, 2.45) is 11.8 Å². The fourth-order valence-corrected chi connectivity index (χ4v) is 3.92. The van der Waals surface area contributed by atoms with Gasteiger partial charge in [-0.25, -0.2) is 0 Å². The Labute approximate surface area is 144 Å². The zero-order valence-corrected chi connectivity index (χ0v) is 14.6. The number of ketones is 1. The third-order valence-electron chi connectivity index (χ3n) is 5.62. The second kappa shape index (κ2) is 7.93. The van der Waals surface area contributed by atoms with E-state index < -0.39 is 0 Å². The summed E-state index contributed by atoms with van der Waals surface area (Å²) < 4.78 is 0. The summed E-state index contributed by atoms with van der Waals surface area (Å²) in [4.78, 5) is 26.7. The topological polar surface area (TPSA) is 49.4 Å².